The molecule has 11 nitrogen and oxygen atoms in total. The van der Waals surface area contributed by atoms with E-state index in [2.05, 4.69) is 76.7 Å². The highest BCUT2D eigenvalue weighted by atomic mass is 79.9. The number of ether oxygens (including phenoxy) is 3. The fourth-order valence-electron chi connectivity index (χ4n) is 6.49. The molecule has 2 aromatic carbocycles. The van der Waals surface area contributed by atoms with Gasteiger partial charge in [0.2, 0.25) is 5.95 Å². The second-order valence-corrected chi connectivity index (χ2v) is 13.7. The molecule has 6 rings (SSSR count). The van der Waals surface area contributed by atoms with Crippen molar-refractivity contribution < 1.29 is 14.2 Å². The van der Waals surface area contributed by atoms with Gasteiger partial charge in [-0.25, -0.2) is 4.98 Å². The van der Waals surface area contributed by atoms with Crippen molar-refractivity contribution in [2.75, 3.05) is 99.8 Å². The van der Waals surface area contributed by atoms with Crippen molar-refractivity contribution in [3.8, 4) is 17.2 Å². The molecule has 0 bridgehead atoms. The van der Waals surface area contributed by atoms with Crippen LogP contribution >= 0.6 is 27.9 Å². The van der Waals surface area contributed by atoms with Gasteiger partial charge in [0.05, 0.1) is 23.0 Å². The number of piperidine rings is 1. The molecule has 3 aliphatic rings. The van der Waals surface area contributed by atoms with E-state index in [9.17, 15) is 0 Å². The monoisotopic (exact) mass is 712 g/mol. The molecule has 0 atom stereocenters. The van der Waals surface area contributed by atoms with Crippen LogP contribution in [0.5, 0.6) is 17.2 Å². The van der Waals surface area contributed by atoms with Gasteiger partial charge in [0.15, 0.2) is 11.5 Å². The van der Waals surface area contributed by atoms with Gasteiger partial charge in [-0.3, -0.25) is 4.90 Å². The SMILES string of the molecule is CCc1cc(Nc2ncc(Br)c(Nc3ccc4c(c3N(C)SC)OCCO4)n2)c(OC)cc1N1CCC(N2CCN(C)CC2)CC1. The Hall–Kier alpha value is -3.13. The second-order valence-electron chi connectivity index (χ2n) is 11.9. The normalized spacial score (nSPS) is 17.6. The lowest BCUT2D eigenvalue weighted by Crippen LogP contribution is -2.52. The van der Waals surface area contributed by atoms with Crippen molar-refractivity contribution >= 4 is 62.4 Å². The summed E-state index contributed by atoms with van der Waals surface area (Å²) < 4.78 is 20.6. The van der Waals surface area contributed by atoms with E-state index in [4.69, 9.17) is 19.2 Å². The maximum Gasteiger partial charge on any atom is 0.229 e. The molecule has 3 aromatic rings. The standard InChI is InChI=1S/C33H45BrN8O3S/c1-6-22-19-26(29(43-4)20-27(22)42-11-9-23(10-12-42)41-15-13-39(2)14-16-41)37-33-35-21-24(34)32(38-33)36-25-7-8-28-31(45-18-17-44-28)30(25)40(3)46-5/h7-8,19-21,23H,6,9-18H2,1-5H3,(H2,35,36,37,38). The maximum absolute atomic E-state index is 6.03. The number of hydrogen-bond acceptors (Lipinski definition) is 12. The summed E-state index contributed by atoms with van der Waals surface area (Å²) in [6.07, 6.45) is 7.07. The molecule has 0 spiro atoms. The highest BCUT2D eigenvalue weighted by Crippen LogP contribution is 2.47. The molecule has 0 aliphatic carbocycles. The van der Waals surface area contributed by atoms with Gasteiger partial charge >= 0.3 is 0 Å². The minimum Gasteiger partial charge on any atom is -0.494 e. The first-order valence-electron chi connectivity index (χ1n) is 16.0. The number of nitrogens with one attached hydrogen (secondary N) is 2. The van der Waals surface area contributed by atoms with E-state index in [0.717, 1.165) is 58.3 Å². The van der Waals surface area contributed by atoms with Gasteiger partial charge in [-0.2, -0.15) is 4.98 Å². The van der Waals surface area contributed by atoms with Crippen LogP contribution in [0, 0.1) is 0 Å². The largest absolute Gasteiger partial charge is 0.494 e. The second kappa shape index (κ2) is 14.7. The lowest BCUT2D eigenvalue weighted by atomic mass is 9.99. The van der Waals surface area contributed by atoms with Crippen molar-refractivity contribution in [3.05, 3.63) is 40.5 Å². The Morgan fingerprint density at radius 2 is 1.80 bits per heavy atom. The number of aromatic nitrogens is 2. The number of halogens is 1. The first kappa shape index (κ1) is 32.8. The van der Waals surface area contributed by atoms with E-state index in [1.807, 2.05) is 25.4 Å². The third kappa shape index (κ3) is 7.07. The molecule has 0 radical (unpaired) electrons. The molecular weight excluding hydrogens is 668 g/mol. The number of nitrogens with zero attached hydrogens (tertiary/aromatic N) is 6. The average Bonchev–Trinajstić information content (AvgIpc) is 3.09. The molecule has 4 heterocycles. The van der Waals surface area contributed by atoms with Crippen LogP contribution in [0.2, 0.25) is 0 Å². The summed E-state index contributed by atoms with van der Waals surface area (Å²) in [5.41, 5.74) is 5.11. The fraction of sp³-hybridized carbons (Fsp3) is 0.515. The van der Waals surface area contributed by atoms with Crippen molar-refractivity contribution in [1.29, 1.82) is 0 Å². The van der Waals surface area contributed by atoms with Crippen LogP contribution in [0.1, 0.15) is 25.3 Å². The average molecular weight is 714 g/mol. The van der Waals surface area contributed by atoms with E-state index in [1.165, 1.54) is 50.3 Å². The molecule has 0 unspecified atom stereocenters. The Balaban J connectivity index is 1.20. The molecule has 2 saturated heterocycles. The molecule has 46 heavy (non-hydrogen) atoms. The Morgan fingerprint density at radius 1 is 1.04 bits per heavy atom. The van der Waals surface area contributed by atoms with Gasteiger partial charge in [0.25, 0.3) is 0 Å². The maximum atomic E-state index is 6.03. The van der Waals surface area contributed by atoms with E-state index in [-0.39, 0.29) is 0 Å². The van der Waals surface area contributed by atoms with Crippen LogP contribution in [-0.4, -0.2) is 106 Å². The van der Waals surface area contributed by atoms with Crippen molar-refractivity contribution in [2.45, 2.75) is 32.2 Å². The van der Waals surface area contributed by atoms with Crippen LogP contribution in [0.3, 0.4) is 0 Å². The zero-order chi connectivity index (χ0) is 32.2. The predicted octanol–water partition coefficient (Wildman–Crippen LogP) is 6.00. The molecule has 2 fully saturated rings. The van der Waals surface area contributed by atoms with Crippen molar-refractivity contribution in [3.63, 3.8) is 0 Å². The number of benzene rings is 2. The summed E-state index contributed by atoms with van der Waals surface area (Å²) in [5.74, 6) is 3.31. The van der Waals surface area contributed by atoms with E-state index in [1.54, 1.807) is 25.3 Å². The molecule has 2 N–H and O–H groups in total. The zero-order valence-electron chi connectivity index (χ0n) is 27.4. The van der Waals surface area contributed by atoms with Crippen LogP contribution in [0.25, 0.3) is 0 Å². The van der Waals surface area contributed by atoms with Gasteiger partial charge in [-0.1, -0.05) is 18.9 Å². The minimum absolute atomic E-state index is 0.462. The smallest absolute Gasteiger partial charge is 0.229 e. The molecule has 3 aliphatic heterocycles. The van der Waals surface area contributed by atoms with Crippen molar-refractivity contribution in [1.82, 2.24) is 19.8 Å². The third-order valence-corrected chi connectivity index (χ3v) is 10.5. The number of fused-ring (bicyclic) bond motifs is 1. The number of aryl methyl sites for hydroxylation is 1. The lowest BCUT2D eigenvalue weighted by molar-refractivity contribution is 0.0982. The fourth-order valence-corrected chi connectivity index (χ4v) is 7.14. The van der Waals surface area contributed by atoms with Gasteiger partial charge in [-0.15, -0.1) is 0 Å². The summed E-state index contributed by atoms with van der Waals surface area (Å²) >= 11 is 5.23. The molecule has 0 saturated carbocycles. The van der Waals surface area contributed by atoms with E-state index < -0.39 is 0 Å². The van der Waals surface area contributed by atoms with Gasteiger partial charge < -0.3 is 38.9 Å². The predicted molar refractivity (Wildman–Crippen MR) is 192 cm³/mol. The van der Waals surface area contributed by atoms with Crippen LogP contribution < -0.4 is 34.0 Å². The van der Waals surface area contributed by atoms with Crippen molar-refractivity contribution in [2.24, 2.45) is 0 Å². The zero-order valence-corrected chi connectivity index (χ0v) is 29.8. The first-order valence-corrected chi connectivity index (χ1v) is 18.0. The highest BCUT2D eigenvalue weighted by molar-refractivity contribution is 9.10. The minimum atomic E-state index is 0.462. The summed E-state index contributed by atoms with van der Waals surface area (Å²) in [4.78, 5) is 17.1. The van der Waals surface area contributed by atoms with Gasteiger partial charge in [0, 0.05) is 76.6 Å². The molecule has 0 amide bonds. The number of piperazine rings is 1. The Bertz CT molecular complexity index is 1510. The number of methoxy groups -OCH3 is 1. The summed E-state index contributed by atoms with van der Waals surface area (Å²) in [6, 6.07) is 8.95. The number of hydrogen-bond donors (Lipinski definition) is 2. The van der Waals surface area contributed by atoms with Crippen LogP contribution in [-0.2, 0) is 6.42 Å². The Morgan fingerprint density at radius 3 is 2.52 bits per heavy atom. The van der Waals surface area contributed by atoms with Gasteiger partial charge in [0.1, 0.15) is 30.5 Å². The summed E-state index contributed by atoms with van der Waals surface area (Å²) in [7, 11) is 5.94. The Labute approximate surface area is 285 Å². The summed E-state index contributed by atoms with van der Waals surface area (Å²) in [5, 5.41) is 6.93. The van der Waals surface area contributed by atoms with Gasteiger partial charge in [-0.05, 0) is 66.0 Å². The molecule has 248 valence electrons. The number of likely N-dealkylation sites (N-methyl/N-ethyl adjacent to an activating group) is 1. The molecule has 1 aromatic heterocycles. The quantitative estimate of drug-likeness (QED) is 0.242. The van der Waals surface area contributed by atoms with E-state index >= 15 is 0 Å². The lowest BCUT2D eigenvalue weighted by Gasteiger charge is -2.43. The topological polar surface area (TPSA) is 90.5 Å². The number of anilines is 6. The van der Waals surface area contributed by atoms with Crippen LogP contribution in [0.15, 0.2) is 34.9 Å². The van der Waals surface area contributed by atoms with Crippen LogP contribution in [0.4, 0.5) is 34.5 Å². The summed E-state index contributed by atoms with van der Waals surface area (Å²) in [6.45, 7) is 10.0. The van der Waals surface area contributed by atoms with E-state index in [0.29, 0.717) is 31.0 Å². The molecular formula is C33H45BrN8O3S. The number of rotatable bonds is 10. The highest BCUT2D eigenvalue weighted by Gasteiger charge is 2.28. The third-order valence-electron chi connectivity index (χ3n) is 9.16. The Kier molecular flexibility index (Phi) is 10.5. The first-order chi connectivity index (χ1) is 22.4. The molecule has 13 heteroatoms.